The van der Waals surface area contributed by atoms with Gasteiger partial charge in [0.05, 0.1) is 11.0 Å². The molecular weight excluding hydrogens is 322 g/mol. The average Bonchev–Trinajstić information content (AvgIpc) is 3.09. The monoisotopic (exact) mass is 341 g/mol. The summed E-state index contributed by atoms with van der Waals surface area (Å²) in [4.78, 5) is 29.9. The fourth-order valence-corrected chi connectivity index (χ4v) is 3.33. The van der Waals surface area contributed by atoms with Gasteiger partial charge in [0, 0.05) is 24.4 Å². The van der Waals surface area contributed by atoms with Crippen LogP contribution in [0.2, 0.25) is 0 Å². The van der Waals surface area contributed by atoms with Crippen molar-refractivity contribution in [3.63, 3.8) is 0 Å². The second-order valence-electron chi connectivity index (χ2n) is 5.57. The van der Waals surface area contributed by atoms with Crippen LogP contribution in [-0.2, 0) is 17.8 Å². The van der Waals surface area contributed by atoms with E-state index in [0.29, 0.717) is 18.8 Å². The van der Waals surface area contributed by atoms with Gasteiger partial charge in [-0.05, 0) is 36.9 Å². The zero-order valence-corrected chi connectivity index (χ0v) is 14.3. The van der Waals surface area contributed by atoms with Gasteiger partial charge in [-0.1, -0.05) is 18.2 Å². The molecule has 0 bridgehead atoms. The molecule has 3 aromatic rings. The number of carbonyl (C=O) groups excluding carboxylic acids is 1. The van der Waals surface area contributed by atoms with Crippen molar-refractivity contribution in [2.75, 3.05) is 6.54 Å². The van der Waals surface area contributed by atoms with Gasteiger partial charge in [0.1, 0.15) is 5.69 Å². The molecule has 3 rings (SSSR count). The third-order valence-electron chi connectivity index (χ3n) is 3.85. The molecule has 0 radical (unpaired) electrons. The topological polar surface area (TPSA) is 64.0 Å². The summed E-state index contributed by atoms with van der Waals surface area (Å²) >= 11 is 1.69. The van der Waals surface area contributed by atoms with Crippen molar-refractivity contribution < 1.29 is 4.79 Å². The summed E-state index contributed by atoms with van der Waals surface area (Å²) < 4.78 is 1.64. The summed E-state index contributed by atoms with van der Waals surface area (Å²) in [5.74, 6) is -0.0444. The van der Waals surface area contributed by atoms with E-state index in [0.717, 1.165) is 17.5 Å². The zero-order chi connectivity index (χ0) is 16.9. The summed E-state index contributed by atoms with van der Waals surface area (Å²) in [6.45, 7) is 2.67. The molecule has 0 saturated heterocycles. The van der Waals surface area contributed by atoms with E-state index in [-0.39, 0.29) is 17.9 Å². The number of aromatic nitrogens is 2. The van der Waals surface area contributed by atoms with E-state index in [1.54, 1.807) is 22.8 Å². The highest BCUT2D eigenvalue weighted by molar-refractivity contribution is 7.09. The lowest BCUT2D eigenvalue weighted by molar-refractivity contribution is -0.121. The molecule has 0 unspecified atom stereocenters. The molecule has 24 heavy (non-hydrogen) atoms. The molecule has 1 amide bonds. The number of aryl methyl sites for hydroxylation is 2. The summed E-state index contributed by atoms with van der Waals surface area (Å²) in [6, 6.07) is 11.6. The number of fused-ring (bicyclic) bond motifs is 1. The highest BCUT2D eigenvalue weighted by Gasteiger charge is 2.09. The number of rotatable bonds is 6. The van der Waals surface area contributed by atoms with Crippen LogP contribution in [0.1, 0.15) is 17.0 Å². The lowest BCUT2D eigenvalue weighted by atomic mass is 10.2. The molecule has 1 N–H and O–H groups in total. The number of benzene rings is 1. The molecule has 0 aliphatic rings. The van der Waals surface area contributed by atoms with E-state index in [9.17, 15) is 9.59 Å². The molecule has 0 fully saturated rings. The Hall–Kier alpha value is -2.47. The Kier molecular flexibility index (Phi) is 5.05. The van der Waals surface area contributed by atoms with Gasteiger partial charge in [-0.25, -0.2) is 4.98 Å². The molecule has 0 atom stereocenters. The van der Waals surface area contributed by atoms with Crippen LogP contribution in [0.3, 0.4) is 0 Å². The fraction of sp³-hybridized carbons (Fsp3) is 0.278. The first-order valence-corrected chi connectivity index (χ1v) is 8.78. The maximum Gasteiger partial charge on any atom is 0.272 e. The smallest absolute Gasteiger partial charge is 0.272 e. The molecular formula is C18H19N3O2S. The number of nitrogens with one attached hydrogen (secondary N) is 1. The van der Waals surface area contributed by atoms with E-state index in [2.05, 4.69) is 16.4 Å². The van der Waals surface area contributed by atoms with E-state index in [4.69, 9.17) is 0 Å². The first kappa shape index (κ1) is 16.4. The largest absolute Gasteiger partial charge is 0.356 e. The minimum atomic E-state index is -0.139. The van der Waals surface area contributed by atoms with Crippen LogP contribution >= 0.6 is 11.3 Å². The lowest BCUT2D eigenvalue weighted by Gasteiger charge is -2.11. The van der Waals surface area contributed by atoms with E-state index in [1.165, 1.54) is 4.88 Å². The van der Waals surface area contributed by atoms with Crippen LogP contribution in [0, 0.1) is 6.92 Å². The van der Waals surface area contributed by atoms with Gasteiger partial charge in [-0.3, -0.25) is 9.59 Å². The zero-order valence-electron chi connectivity index (χ0n) is 13.5. The van der Waals surface area contributed by atoms with Crippen LogP contribution in [-0.4, -0.2) is 22.0 Å². The standard InChI is InChI=1S/C18H19N3O2S/c1-13-18(23)21(16-7-3-2-6-15(16)20-13)11-9-17(22)19-10-8-14-5-4-12-24-14/h2-7,12H,8-11H2,1H3,(H,19,22). The first-order valence-electron chi connectivity index (χ1n) is 7.90. The van der Waals surface area contributed by atoms with Crippen molar-refractivity contribution >= 4 is 28.3 Å². The first-order chi connectivity index (χ1) is 11.6. The number of hydrogen-bond donors (Lipinski definition) is 1. The minimum absolute atomic E-state index is 0.0444. The second kappa shape index (κ2) is 7.40. The minimum Gasteiger partial charge on any atom is -0.356 e. The molecule has 0 aliphatic carbocycles. The average molecular weight is 341 g/mol. The summed E-state index contributed by atoms with van der Waals surface area (Å²) in [5, 5.41) is 4.94. The third kappa shape index (κ3) is 3.71. The Labute approximate surface area is 144 Å². The number of carbonyl (C=O) groups is 1. The summed E-state index contributed by atoms with van der Waals surface area (Å²) in [6.07, 6.45) is 1.11. The van der Waals surface area contributed by atoms with Gasteiger partial charge in [0.2, 0.25) is 5.91 Å². The van der Waals surface area contributed by atoms with Crippen LogP contribution in [0.15, 0.2) is 46.6 Å². The summed E-state index contributed by atoms with van der Waals surface area (Å²) in [5.41, 5.74) is 1.85. The quantitative estimate of drug-likeness (QED) is 0.749. The maximum absolute atomic E-state index is 12.3. The molecule has 2 aromatic heterocycles. The van der Waals surface area contributed by atoms with Crippen molar-refractivity contribution in [1.29, 1.82) is 0 Å². The normalized spacial score (nSPS) is 10.9. The van der Waals surface area contributed by atoms with Gasteiger partial charge in [-0.15, -0.1) is 11.3 Å². The van der Waals surface area contributed by atoms with Crippen molar-refractivity contribution in [3.05, 3.63) is 62.7 Å². The molecule has 0 saturated carbocycles. The van der Waals surface area contributed by atoms with Crippen molar-refractivity contribution in [1.82, 2.24) is 14.9 Å². The summed E-state index contributed by atoms with van der Waals surface area (Å²) in [7, 11) is 0. The molecule has 0 spiro atoms. The number of para-hydroxylation sites is 2. The van der Waals surface area contributed by atoms with Crippen LogP contribution in [0.4, 0.5) is 0 Å². The Balaban J connectivity index is 1.64. The van der Waals surface area contributed by atoms with Gasteiger partial charge in [-0.2, -0.15) is 0 Å². The predicted molar refractivity (Wildman–Crippen MR) is 96.4 cm³/mol. The lowest BCUT2D eigenvalue weighted by Crippen LogP contribution is -2.30. The van der Waals surface area contributed by atoms with Gasteiger partial charge in [0.15, 0.2) is 0 Å². The Bertz CT molecular complexity index is 900. The molecule has 2 heterocycles. The van der Waals surface area contributed by atoms with Crippen molar-refractivity contribution in [2.45, 2.75) is 26.3 Å². The highest BCUT2D eigenvalue weighted by Crippen LogP contribution is 2.10. The number of hydrogen-bond acceptors (Lipinski definition) is 4. The van der Waals surface area contributed by atoms with E-state index >= 15 is 0 Å². The molecule has 0 aliphatic heterocycles. The van der Waals surface area contributed by atoms with Crippen LogP contribution < -0.4 is 10.9 Å². The maximum atomic E-state index is 12.3. The van der Waals surface area contributed by atoms with Gasteiger partial charge >= 0.3 is 0 Å². The Morgan fingerprint density at radius 1 is 1.25 bits per heavy atom. The number of nitrogens with zero attached hydrogens (tertiary/aromatic N) is 2. The van der Waals surface area contributed by atoms with Crippen molar-refractivity contribution in [2.24, 2.45) is 0 Å². The molecule has 5 nitrogen and oxygen atoms in total. The SMILES string of the molecule is Cc1nc2ccccc2n(CCC(=O)NCCc2cccs2)c1=O. The Morgan fingerprint density at radius 2 is 2.08 bits per heavy atom. The molecule has 1 aromatic carbocycles. The van der Waals surface area contributed by atoms with Crippen LogP contribution in [0.5, 0.6) is 0 Å². The Morgan fingerprint density at radius 3 is 2.88 bits per heavy atom. The van der Waals surface area contributed by atoms with Gasteiger partial charge < -0.3 is 9.88 Å². The second-order valence-corrected chi connectivity index (χ2v) is 6.60. The van der Waals surface area contributed by atoms with Crippen molar-refractivity contribution in [3.8, 4) is 0 Å². The van der Waals surface area contributed by atoms with E-state index < -0.39 is 0 Å². The van der Waals surface area contributed by atoms with E-state index in [1.807, 2.05) is 35.7 Å². The highest BCUT2D eigenvalue weighted by atomic mass is 32.1. The molecule has 6 heteroatoms. The van der Waals surface area contributed by atoms with Crippen LogP contribution in [0.25, 0.3) is 11.0 Å². The number of amides is 1. The van der Waals surface area contributed by atoms with Gasteiger partial charge in [0.25, 0.3) is 5.56 Å². The molecule has 124 valence electrons. The predicted octanol–water partition coefficient (Wildman–Crippen LogP) is 2.52. The fourth-order valence-electron chi connectivity index (χ4n) is 2.62. The third-order valence-corrected chi connectivity index (χ3v) is 4.79. The number of thiophene rings is 1.